The normalized spacial score (nSPS) is 16.5. The molecule has 1 aliphatic heterocycles. The summed E-state index contributed by atoms with van der Waals surface area (Å²) in [5.74, 6) is -0.731. The molecule has 8 heteroatoms. The highest BCUT2D eigenvalue weighted by atomic mass is 35.5. The average Bonchev–Trinajstić information content (AvgIpc) is 2.98. The van der Waals surface area contributed by atoms with Crippen molar-refractivity contribution in [3.8, 4) is 11.5 Å². The molecule has 1 aliphatic rings. The van der Waals surface area contributed by atoms with Crippen LogP contribution in [0.1, 0.15) is 12.5 Å². The molecular formula is C21H18ClNO5S. The molecule has 0 spiro atoms. The van der Waals surface area contributed by atoms with Crippen LogP contribution >= 0.6 is 23.4 Å². The quantitative estimate of drug-likeness (QED) is 0.629. The smallest absolute Gasteiger partial charge is 0.344 e. The Morgan fingerprint density at radius 1 is 1.24 bits per heavy atom. The highest BCUT2D eigenvalue weighted by molar-refractivity contribution is 8.18. The Labute approximate surface area is 177 Å². The molecule has 0 saturated heterocycles. The van der Waals surface area contributed by atoms with E-state index in [2.05, 4.69) is 4.99 Å². The van der Waals surface area contributed by atoms with Gasteiger partial charge in [0, 0.05) is 10.6 Å². The Bertz CT molecular complexity index is 1050. The predicted molar refractivity (Wildman–Crippen MR) is 115 cm³/mol. The lowest BCUT2D eigenvalue weighted by Gasteiger charge is -2.06. The second-order valence-corrected chi connectivity index (χ2v) is 7.32. The summed E-state index contributed by atoms with van der Waals surface area (Å²) in [7, 11) is 1.45. The van der Waals surface area contributed by atoms with Gasteiger partial charge in [0.1, 0.15) is 16.4 Å². The Morgan fingerprint density at radius 2 is 2.00 bits per heavy atom. The number of aliphatic hydroxyl groups excluding tert-OH is 1. The standard InChI is InChI=1S/C21H18ClNO5S/c1-3-28-21(26)17-19(25)16(10-12-6-4-9-15(27-2)18(12)24)29-20(17)23-14-8-5-7-13(22)11-14/h4-11,24-25H,3H2,1-2H3. The molecule has 0 saturated carbocycles. The van der Waals surface area contributed by atoms with Crippen LogP contribution in [-0.2, 0) is 9.53 Å². The summed E-state index contributed by atoms with van der Waals surface area (Å²) in [6.07, 6.45) is 1.55. The van der Waals surface area contributed by atoms with E-state index in [0.717, 1.165) is 11.8 Å². The van der Waals surface area contributed by atoms with Gasteiger partial charge in [-0.1, -0.05) is 41.6 Å². The van der Waals surface area contributed by atoms with Crippen molar-refractivity contribution in [2.24, 2.45) is 4.99 Å². The molecule has 0 amide bonds. The zero-order valence-electron chi connectivity index (χ0n) is 15.7. The van der Waals surface area contributed by atoms with Gasteiger partial charge in [-0.2, -0.15) is 0 Å². The zero-order chi connectivity index (χ0) is 21.0. The minimum atomic E-state index is -0.684. The summed E-state index contributed by atoms with van der Waals surface area (Å²) < 4.78 is 10.2. The number of phenols is 1. The van der Waals surface area contributed by atoms with Gasteiger partial charge in [-0.15, -0.1) is 0 Å². The van der Waals surface area contributed by atoms with Crippen molar-refractivity contribution >= 4 is 46.1 Å². The monoisotopic (exact) mass is 431 g/mol. The lowest BCUT2D eigenvalue weighted by Crippen LogP contribution is -2.12. The van der Waals surface area contributed by atoms with Crippen LogP contribution in [0, 0.1) is 0 Å². The number of carbonyl (C=O) groups is 1. The number of aromatic hydroxyl groups is 1. The Balaban J connectivity index is 2.08. The molecule has 0 atom stereocenters. The van der Waals surface area contributed by atoms with Gasteiger partial charge >= 0.3 is 5.97 Å². The molecule has 150 valence electrons. The first kappa shape index (κ1) is 20.8. The van der Waals surface area contributed by atoms with Crippen molar-refractivity contribution < 1.29 is 24.5 Å². The summed E-state index contributed by atoms with van der Waals surface area (Å²) in [4.78, 5) is 17.2. The van der Waals surface area contributed by atoms with E-state index in [1.54, 1.807) is 55.5 Å². The van der Waals surface area contributed by atoms with Crippen molar-refractivity contribution in [2.45, 2.75) is 6.92 Å². The molecule has 0 aliphatic carbocycles. The van der Waals surface area contributed by atoms with E-state index in [1.807, 2.05) is 0 Å². The highest BCUT2D eigenvalue weighted by Crippen LogP contribution is 2.42. The minimum Gasteiger partial charge on any atom is -0.506 e. The molecule has 29 heavy (non-hydrogen) atoms. The number of ether oxygens (including phenoxy) is 2. The largest absolute Gasteiger partial charge is 0.506 e. The van der Waals surface area contributed by atoms with Crippen LogP contribution < -0.4 is 4.74 Å². The van der Waals surface area contributed by atoms with Crippen LogP contribution in [0.25, 0.3) is 6.08 Å². The topological polar surface area (TPSA) is 88.4 Å². The van der Waals surface area contributed by atoms with Crippen molar-refractivity contribution in [3.63, 3.8) is 0 Å². The Morgan fingerprint density at radius 3 is 2.69 bits per heavy atom. The number of rotatable bonds is 5. The molecule has 0 bridgehead atoms. The number of phenolic OH excluding ortho intramolecular Hbond substituents is 1. The summed E-state index contributed by atoms with van der Waals surface area (Å²) >= 11 is 7.10. The highest BCUT2D eigenvalue weighted by Gasteiger charge is 2.33. The number of aliphatic imine (C=N–C) groups is 1. The lowest BCUT2D eigenvalue weighted by atomic mass is 10.1. The van der Waals surface area contributed by atoms with E-state index in [0.29, 0.717) is 26.9 Å². The molecule has 0 radical (unpaired) electrons. The van der Waals surface area contributed by atoms with E-state index >= 15 is 0 Å². The number of nitrogens with zero attached hydrogens (tertiary/aromatic N) is 1. The summed E-state index contributed by atoms with van der Waals surface area (Å²) in [6, 6.07) is 11.8. The number of hydrogen-bond acceptors (Lipinski definition) is 7. The van der Waals surface area contributed by atoms with E-state index in [-0.39, 0.29) is 28.7 Å². The second kappa shape index (κ2) is 9.07. The fraction of sp³-hybridized carbons (Fsp3) is 0.143. The SMILES string of the molecule is CCOC(=O)C1=C(O)C(=Cc2cccc(OC)c2O)SC1=Nc1cccc(Cl)c1. The van der Waals surface area contributed by atoms with Crippen molar-refractivity contribution in [3.05, 3.63) is 69.3 Å². The number of carbonyl (C=O) groups excluding carboxylic acids is 1. The van der Waals surface area contributed by atoms with Crippen LogP contribution in [0.15, 0.2) is 63.7 Å². The molecule has 2 N–H and O–H groups in total. The number of methoxy groups -OCH3 is 1. The first-order chi connectivity index (χ1) is 13.9. The molecule has 2 aromatic rings. The first-order valence-electron chi connectivity index (χ1n) is 8.65. The van der Waals surface area contributed by atoms with Gasteiger partial charge in [-0.05, 0) is 37.3 Å². The number of aliphatic hydroxyl groups is 1. The number of halogens is 1. The first-order valence-corrected chi connectivity index (χ1v) is 9.85. The van der Waals surface area contributed by atoms with Gasteiger partial charge in [-0.3, -0.25) is 0 Å². The molecule has 2 aromatic carbocycles. The summed E-state index contributed by atoms with van der Waals surface area (Å²) in [5, 5.41) is 21.8. The van der Waals surface area contributed by atoms with Crippen LogP contribution in [-0.4, -0.2) is 34.9 Å². The van der Waals surface area contributed by atoms with Gasteiger partial charge in [0.05, 0.1) is 24.3 Å². The molecule has 1 heterocycles. The maximum Gasteiger partial charge on any atom is 0.344 e. The summed E-state index contributed by atoms with van der Waals surface area (Å²) in [5.41, 5.74) is 0.913. The fourth-order valence-corrected chi connectivity index (χ4v) is 3.83. The molecular weight excluding hydrogens is 414 g/mol. The maximum absolute atomic E-state index is 12.4. The number of esters is 1. The minimum absolute atomic E-state index is 0.0366. The number of para-hydroxylation sites is 1. The maximum atomic E-state index is 12.4. The van der Waals surface area contributed by atoms with Crippen molar-refractivity contribution in [1.82, 2.24) is 0 Å². The Kier molecular flexibility index (Phi) is 6.51. The van der Waals surface area contributed by atoms with Crippen molar-refractivity contribution in [1.29, 1.82) is 0 Å². The second-order valence-electron chi connectivity index (χ2n) is 5.85. The predicted octanol–water partition coefficient (Wildman–Crippen LogP) is 5.25. The van der Waals surface area contributed by atoms with E-state index in [1.165, 1.54) is 7.11 Å². The van der Waals surface area contributed by atoms with Crippen LogP contribution in [0.4, 0.5) is 5.69 Å². The van der Waals surface area contributed by atoms with Crippen LogP contribution in [0.2, 0.25) is 5.02 Å². The van der Waals surface area contributed by atoms with Gasteiger partial charge in [0.2, 0.25) is 0 Å². The molecule has 0 aromatic heterocycles. The zero-order valence-corrected chi connectivity index (χ0v) is 17.3. The van der Waals surface area contributed by atoms with Crippen LogP contribution in [0.5, 0.6) is 11.5 Å². The lowest BCUT2D eigenvalue weighted by molar-refractivity contribution is -0.138. The average molecular weight is 432 g/mol. The molecule has 6 nitrogen and oxygen atoms in total. The third kappa shape index (κ3) is 4.58. The van der Waals surface area contributed by atoms with E-state index < -0.39 is 5.97 Å². The number of hydrogen-bond donors (Lipinski definition) is 2. The third-order valence-electron chi connectivity index (χ3n) is 3.95. The molecule has 3 rings (SSSR count). The molecule has 0 fully saturated rings. The van der Waals surface area contributed by atoms with E-state index in [4.69, 9.17) is 21.1 Å². The van der Waals surface area contributed by atoms with Gasteiger partial charge in [0.15, 0.2) is 11.5 Å². The summed E-state index contributed by atoms with van der Waals surface area (Å²) in [6.45, 7) is 1.83. The number of benzene rings is 2. The number of thioether (sulfide) groups is 1. The van der Waals surface area contributed by atoms with E-state index in [9.17, 15) is 15.0 Å². The van der Waals surface area contributed by atoms with Crippen molar-refractivity contribution in [2.75, 3.05) is 13.7 Å². The van der Waals surface area contributed by atoms with Gasteiger partial charge in [-0.25, -0.2) is 9.79 Å². The fourth-order valence-electron chi connectivity index (χ4n) is 2.62. The molecule has 0 unspecified atom stereocenters. The Hall–Kier alpha value is -2.90. The van der Waals surface area contributed by atoms with Crippen LogP contribution in [0.3, 0.4) is 0 Å². The van der Waals surface area contributed by atoms with Gasteiger partial charge in [0.25, 0.3) is 0 Å². The van der Waals surface area contributed by atoms with Gasteiger partial charge < -0.3 is 19.7 Å². The third-order valence-corrected chi connectivity index (χ3v) is 5.20.